The Morgan fingerprint density at radius 3 is 2.54 bits per heavy atom. The van der Waals surface area contributed by atoms with Crippen molar-refractivity contribution in [3.8, 4) is 0 Å². The maximum Gasteiger partial charge on any atom is 0.405 e. The molecular formula is C12H20ClF3N4O3S. The molecule has 0 aromatic carbocycles. The smallest absolute Gasteiger partial charge is 0.360 e. The first-order valence-electron chi connectivity index (χ1n) is 7.08. The van der Waals surface area contributed by atoms with E-state index in [0.717, 1.165) is 0 Å². The number of halogens is 4. The van der Waals surface area contributed by atoms with Crippen LogP contribution in [0.25, 0.3) is 0 Å². The van der Waals surface area contributed by atoms with Crippen molar-refractivity contribution in [3.63, 3.8) is 0 Å². The van der Waals surface area contributed by atoms with E-state index >= 15 is 0 Å². The second-order valence-electron chi connectivity index (χ2n) is 5.39. The van der Waals surface area contributed by atoms with Crippen molar-refractivity contribution in [2.24, 2.45) is 0 Å². The lowest BCUT2D eigenvalue weighted by Gasteiger charge is -2.35. The topological polar surface area (TPSA) is 87.5 Å². The van der Waals surface area contributed by atoms with Crippen molar-refractivity contribution in [1.29, 1.82) is 0 Å². The molecule has 1 fully saturated rings. The van der Waals surface area contributed by atoms with Gasteiger partial charge < -0.3 is 9.84 Å². The lowest BCUT2D eigenvalue weighted by Crippen LogP contribution is -2.57. The van der Waals surface area contributed by atoms with Crippen LogP contribution in [0.4, 0.5) is 13.2 Å². The first kappa shape index (κ1) is 21.2. The number of nitrogens with one attached hydrogen (secondary N) is 2. The van der Waals surface area contributed by atoms with Crippen LogP contribution in [-0.4, -0.2) is 63.4 Å². The minimum atomic E-state index is -4.51. The van der Waals surface area contributed by atoms with Gasteiger partial charge in [-0.2, -0.15) is 13.2 Å². The monoisotopic (exact) mass is 392 g/mol. The molecule has 0 aliphatic carbocycles. The third kappa shape index (κ3) is 6.20. The van der Waals surface area contributed by atoms with Crippen LogP contribution < -0.4 is 10.0 Å². The quantitative estimate of drug-likeness (QED) is 0.739. The number of nitrogens with zero attached hydrogens (tertiary/aromatic N) is 2. The van der Waals surface area contributed by atoms with Gasteiger partial charge >= 0.3 is 6.18 Å². The summed E-state index contributed by atoms with van der Waals surface area (Å²) in [7, 11) is -3.94. The van der Waals surface area contributed by atoms with Crippen LogP contribution in [0.3, 0.4) is 0 Å². The lowest BCUT2D eigenvalue weighted by atomic mass is 10.2. The molecule has 1 atom stereocenters. The zero-order chi connectivity index (χ0) is 17.1. The Hall–Kier alpha value is -0.880. The Balaban J connectivity index is 0.00000288. The molecule has 1 unspecified atom stereocenters. The fourth-order valence-electron chi connectivity index (χ4n) is 2.37. The van der Waals surface area contributed by atoms with Gasteiger partial charge in [0.25, 0.3) is 0 Å². The highest BCUT2D eigenvalue weighted by molar-refractivity contribution is 7.88. The van der Waals surface area contributed by atoms with E-state index in [2.05, 4.69) is 10.5 Å². The highest BCUT2D eigenvalue weighted by atomic mass is 35.5. The minimum absolute atomic E-state index is 0. The van der Waals surface area contributed by atoms with E-state index in [-0.39, 0.29) is 31.3 Å². The maximum atomic E-state index is 13.2. The van der Waals surface area contributed by atoms with Gasteiger partial charge in [-0.25, -0.2) is 13.1 Å². The molecular weight excluding hydrogens is 373 g/mol. The lowest BCUT2D eigenvalue weighted by molar-refractivity contribution is -0.182. The summed E-state index contributed by atoms with van der Waals surface area (Å²) >= 11 is 0. The van der Waals surface area contributed by atoms with Gasteiger partial charge in [0.05, 0.1) is 5.69 Å². The Kier molecular flexibility index (Phi) is 7.47. The first-order valence-corrected chi connectivity index (χ1v) is 8.73. The van der Waals surface area contributed by atoms with Crippen LogP contribution in [0.1, 0.15) is 11.5 Å². The summed E-state index contributed by atoms with van der Waals surface area (Å²) in [6.45, 7) is 2.21. The van der Waals surface area contributed by atoms with Gasteiger partial charge in [-0.15, -0.1) is 12.4 Å². The van der Waals surface area contributed by atoms with Crippen LogP contribution >= 0.6 is 12.4 Å². The van der Waals surface area contributed by atoms with E-state index in [1.807, 2.05) is 4.72 Å². The van der Waals surface area contributed by atoms with Crippen molar-refractivity contribution in [3.05, 3.63) is 17.5 Å². The highest BCUT2D eigenvalue weighted by Gasteiger charge is 2.44. The van der Waals surface area contributed by atoms with E-state index in [0.29, 0.717) is 18.8 Å². The van der Waals surface area contributed by atoms with Crippen LogP contribution in [0.2, 0.25) is 0 Å². The van der Waals surface area contributed by atoms with Gasteiger partial charge in [0.15, 0.2) is 5.76 Å². The third-order valence-electron chi connectivity index (χ3n) is 3.48. The predicted molar refractivity (Wildman–Crippen MR) is 83.4 cm³/mol. The molecule has 0 spiro atoms. The van der Waals surface area contributed by atoms with E-state index in [9.17, 15) is 21.6 Å². The van der Waals surface area contributed by atoms with Crippen LogP contribution in [-0.2, 0) is 15.8 Å². The Morgan fingerprint density at radius 2 is 2.04 bits per heavy atom. The number of piperazine rings is 1. The van der Waals surface area contributed by atoms with Crippen LogP contribution in [0.15, 0.2) is 10.6 Å². The second-order valence-corrected chi connectivity index (χ2v) is 7.19. The molecule has 0 saturated carbocycles. The van der Waals surface area contributed by atoms with Gasteiger partial charge in [0.2, 0.25) is 10.0 Å². The second kappa shape index (κ2) is 8.48. The number of alkyl halides is 3. The summed E-state index contributed by atoms with van der Waals surface area (Å²) in [5.74, 6) is -0.458. The summed E-state index contributed by atoms with van der Waals surface area (Å²) < 4.78 is 70.2. The van der Waals surface area contributed by atoms with Crippen LogP contribution in [0.5, 0.6) is 0 Å². The summed E-state index contributed by atoms with van der Waals surface area (Å²) in [5, 5.41) is 6.51. The molecule has 2 N–H and O–H groups in total. The summed E-state index contributed by atoms with van der Waals surface area (Å²) in [6.07, 6.45) is -4.51. The summed E-state index contributed by atoms with van der Waals surface area (Å²) in [4.78, 5) is 1.23. The van der Waals surface area contributed by atoms with E-state index < -0.39 is 34.5 Å². The molecule has 12 heteroatoms. The average molecular weight is 393 g/mol. The summed E-state index contributed by atoms with van der Waals surface area (Å²) in [6, 6.07) is -0.424. The van der Waals surface area contributed by atoms with Crippen molar-refractivity contribution >= 4 is 22.4 Å². The normalized spacial score (nSPS) is 18.2. The zero-order valence-corrected chi connectivity index (χ0v) is 14.6. The molecule has 2 heterocycles. The van der Waals surface area contributed by atoms with Gasteiger partial charge in [0, 0.05) is 38.8 Å². The first-order chi connectivity index (χ1) is 10.7. The van der Waals surface area contributed by atoms with E-state index in [1.165, 1.54) is 11.0 Å². The molecule has 7 nitrogen and oxygen atoms in total. The molecule has 1 saturated heterocycles. The maximum absolute atomic E-state index is 13.2. The fourth-order valence-corrected chi connectivity index (χ4v) is 3.40. The van der Waals surface area contributed by atoms with Crippen molar-refractivity contribution in [1.82, 2.24) is 20.1 Å². The number of hydrogen-bond acceptors (Lipinski definition) is 6. The predicted octanol–water partition coefficient (Wildman–Crippen LogP) is 0.660. The number of hydrogen-bond donors (Lipinski definition) is 2. The number of aromatic nitrogens is 1. The van der Waals surface area contributed by atoms with Crippen molar-refractivity contribution in [2.45, 2.75) is 24.9 Å². The molecule has 140 valence electrons. The third-order valence-corrected chi connectivity index (χ3v) is 4.75. The molecule has 0 radical (unpaired) electrons. The van der Waals surface area contributed by atoms with Gasteiger partial charge in [-0.3, -0.25) is 4.90 Å². The standard InChI is InChI=1S/C12H19F3N4O3S.ClH/c1-9-6-10(22-18-9)8-23(20,21)17-7-11(12(13,14)15)19-4-2-16-3-5-19;/h6,11,16-17H,2-5,7-8H2,1H3;1H. The Labute approximate surface area is 144 Å². The molecule has 1 aliphatic rings. The molecule has 1 aromatic heterocycles. The van der Waals surface area contributed by atoms with Gasteiger partial charge in [-0.05, 0) is 6.92 Å². The molecule has 0 amide bonds. The van der Waals surface area contributed by atoms with Crippen molar-refractivity contribution < 1.29 is 26.1 Å². The zero-order valence-electron chi connectivity index (χ0n) is 13.0. The molecule has 0 bridgehead atoms. The molecule has 1 aromatic rings. The Morgan fingerprint density at radius 1 is 1.42 bits per heavy atom. The van der Waals surface area contributed by atoms with Crippen LogP contribution in [0, 0.1) is 6.92 Å². The van der Waals surface area contributed by atoms with E-state index in [1.54, 1.807) is 6.92 Å². The van der Waals surface area contributed by atoms with E-state index in [4.69, 9.17) is 4.52 Å². The number of aryl methyl sites for hydroxylation is 1. The number of sulfonamides is 1. The molecule has 2 rings (SSSR count). The summed E-state index contributed by atoms with van der Waals surface area (Å²) in [5.41, 5.74) is 0.504. The van der Waals surface area contributed by atoms with Gasteiger partial charge in [0.1, 0.15) is 11.8 Å². The minimum Gasteiger partial charge on any atom is -0.360 e. The van der Waals surface area contributed by atoms with Gasteiger partial charge in [-0.1, -0.05) is 5.16 Å². The SMILES string of the molecule is Cc1cc(CS(=O)(=O)NCC(N2CCNCC2)C(F)(F)F)on1.Cl. The molecule has 24 heavy (non-hydrogen) atoms. The Bertz CT molecular complexity index is 617. The fraction of sp³-hybridized carbons (Fsp3) is 0.750. The van der Waals surface area contributed by atoms with Crippen molar-refractivity contribution in [2.75, 3.05) is 32.7 Å². The highest BCUT2D eigenvalue weighted by Crippen LogP contribution is 2.25. The number of rotatable bonds is 6. The largest absolute Gasteiger partial charge is 0.405 e. The molecule has 1 aliphatic heterocycles. The average Bonchev–Trinajstić information content (AvgIpc) is 2.83.